The van der Waals surface area contributed by atoms with Gasteiger partial charge in [0.05, 0.1) is 22.9 Å². The van der Waals surface area contributed by atoms with Crippen molar-refractivity contribution in [1.82, 2.24) is 9.55 Å². The summed E-state index contributed by atoms with van der Waals surface area (Å²) < 4.78 is 6.73. The molecule has 0 aliphatic carbocycles. The Morgan fingerprint density at radius 2 is 2.07 bits per heavy atom. The second-order valence-electron chi connectivity index (χ2n) is 6.20. The van der Waals surface area contributed by atoms with E-state index in [0.29, 0.717) is 28.0 Å². The molecule has 27 heavy (non-hydrogen) atoms. The highest BCUT2D eigenvalue weighted by Crippen LogP contribution is 2.32. The first-order valence-corrected chi connectivity index (χ1v) is 8.37. The predicted octanol–water partition coefficient (Wildman–Crippen LogP) is 1.75. The van der Waals surface area contributed by atoms with Crippen molar-refractivity contribution in [2.24, 2.45) is 0 Å². The van der Waals surface area contributed by atoms with Crippen LogP contribution in [0, 0.1) is 0 Å². The number of ether oxygens (including phenoxy) is 1. The number of amides is 2. The molecule has 0 fully saturated rings. The summed E-state index contributed by atoms with van der Waals surface area (Å²) in [7, 11) is 0. The first-order chi connectivity index (χ1) is 13.0. The highest BCUT2D eigenvalue weighted by atomic mass is 16.5. The molecule has 4 rings (SSSR count). The van der Waals surface area contributed by atoms with Gasteiger partial charge in [-0.15, -0.1) is 0 Å². The normalized spacial score (nSPS) is 15.6. The third-order valence-corrected chi connectivity index (χ3v) is 4.24. The lowest BCUT2D eigenvalue weighted by Gasteiger charge is -2.23. The van der Waals surface area contributed by atoms with Gasteiger partial charge in [-0.3, -0.25) is 19.0 Å². The summed E-state index contributed by atoms with van der Waals surface area (Å²) in [4.78, 5) is 40.7. The number of rotatable bonds is 3. The number of hydrogen-bond donors (Lipinski definition) is 2. The first-order valence-electron chi connectivity index (χ1n) is 8.37. The molecular weight excluding hydrogens is 348 g/mol. The van der Waals surface area contributed by atoms with E-state index in [9.17, 15) is 14.4 Å². The molecule has 2 N–H and O–H groups in total. The first kappa shape index (κ1) is 16.8. The maximum Gasteiger partial charge on any atom is 0.265 e. The zero-order valence-corrected chi connectivity index (χ0v) is 14.4. The van der Waals surface area contributed by atoms with E-state index in [1.165, 1.54) is 10.9 Å². The topological polar surface area (TPSA) is 102 Å². The number of carbonyl (C=O) groups excluding carboxylic acids is 2. The number of aromatic nitrogens is 2. The number of nitrogens with zero attached hydrogens (tertiary/aromatic N) is 2. The maximum atomic E-state index is 12.5. The number of anilines is 2. The molecule has 8 nitrogen and oxygen atoms in total. The van der Waals surface area contributed by atoms with E-state index >= 15 is 0 Å². The second-order valence-corrected chi connectivity index (χ2v) is 6.20. The van der Waals surface area contributed by atoms with Crippen molar-refractivity contribution in [1.29, 1.82) is 0 Å². The number of hydrogen-bond acceptors (Lipinski definition) is 5. The van der Waals surface area contributed by atoms with Gasteiger partial charge in [-0.05, 0) is 37.3 Å². The van der Waals surface area contributed by atoms with Crippen LogP contribution < -0.4 is 20.9 Å². The van der Waals surface area contributed by atoms with Crippen molar-refractivity contribution in [2.75, 3.05) is 10.6 Å². The van der Waals surface area contributed by atoms with Crippen LogP contribution in [0.2, 0.25) is 0 Å². The van der Waals surface area contributed by atoms with E-state index in [4.69, 9.17) is 4.74 Å². The molecule has 1 aliphatic heterocycles. The van der Waals surface area contributed by atoms with Crippen molar-refractivity contribution >= 4 is 34.1 Å². The number of carbonyl (C=O) groups is 2. The Hall–Kier alpha value is -3.68. The highest BCUT2D eigenvalue weighted by Gasteiger charge is 2.23. The van der Waals surface area contributed by atoms with Crippen molar-refractivity contribution < 1.29 is 14.3 Å². The molecule has 3 aromatic rings. The van der Waals surface area contributed by atoms with Gasteiger partial charge in [0.25, 0.3) is 11.5 Å². The van der Waals surface area contributed by atoms with Crippen LogP contribution in [-0.2, 0) is 16.1 Å². The van der Waals surface area contributed by atoms with Gasteiger partial charge in [-0.25, -0.2) is 4.98 Å². The van der Waals surface area contributed by atoms with Gasteiger partial charge in [-0.2, -0.15) is 0 Å². The number of benzene rings is 2. The summed E-state index contributed by atoms with van der Waals surface area (Å²) in [6.45, 7) is 1.48. The minimum atomic E-state index is -0.565. The molecule has 8 heteroatoms. The van der Waals surface area contributed by atoms with Crippen LogP contribution in [0.5, 0.6) is 5.75 Å². The predicted molar refractivity (Wildman–Crippen MR) is 99.8 cm³/mol. The highest BCUT2D eigenvalue weighted by molar-refractivity contribution is 5.99. The summed E-state index contributed by atoms with van der Waals surface area (Å²) in [5, 5.41) is 5.88. The van der Waals surface area contributed by atoms with Gasteiger partial charge in [0.15, 0.2) is 6.10 Å². The molecular formula is C19H16N4O4. The SMILES string of the molecule is C[C@@H]1Oc2ccc(NC(=O)Cn3cnc4ccccc4c3=O)cc2NC1=O. The standard InChI is InChI=1S/C19H16N4O4/c1-11-18(25)22-15-8-12(6-7-16(15)27-11)21-17(24)9-23-10-20-14-5-3-2-4-13(14)19(23)26/h2-8,10-11H,9H2,1H3,(H,21,24)(H,22,25)/t11-/m0/s1. The lowest BCUT2D eigenvalue weighted by Crippen LogP contribution is -2.34. The summed E-state index contributed by atoms with van der Waals surface area (Å²) in [6, 6.07) is 11.9. The van der Waals surface area contributed by atoms with E-state index < -0.39 is 6.10 Å². The van der Waals surface area contributed by atoms with Gasteiger partial charge in [-0.1, -0.05) is 12.1 Å². The number of para-hydroxylation sites is 1. The van der Waals surface area contributed by atoms with Crippen molar-refractivity contribution in [3.8, 4) is 5.75 Å². The molecule has 0 spiro atoms. The molecule has 1 atom stereocenters. The van der Waals surface area contributed by atoms with Crippen LogP contribution in [0.1, 0.15) is 6.92 Å². The van der Waals surface area contributed by atoms with Gasteiger partial charge in [0.2, 0.25) is 5.91 Å². The van der Waals surface area contributed by atoms with Gasteiger partial charge >= 0.3 is 0 Å². The van der Waals surface area contributed by atoms with Gasteiger partial charge in [0, 0.05) is 5.69 Å². The van der Waals surface area contributed by atoms with Crippen molar-refractivity contribution in [3.63, 3.8) is 0 Å². The zero-order chi connectivity index (χ0) is 19.0. The van der Waals surface area contributed by atoms with Crippen LogP contribution in [0.3, 0.4) is 0 Å². The Balaban J connectivity index is 1.52. The average molecular weight is 364 g/mol. The van der Waals surface area contributed by atoms with Crippen LogP contribution in [0.15, 0.2) is 53.6 Å². The van der Waals surface area contributed by atoms with E-state index in [2.05, 4.69) is 15.6 Å². The van der Waals surface area contributed by atoms with Crippen LogP contribution in [-0.4, -0.2) is 27.5 Å². The summed E-state index contributed by atoms with van der Waals surface area (Å²) >= 11 is 0. The minimum Gasteiger partial charge on any atom is -0.479 e. The van der Waals surface area contributed by atoms with E-state index in [1.807, 2.05) is 0 Å². The fourth-order valence-corrected chi connectivity index (χ4v) is 2.86. The van der Waals surface area contributed by atoms with Gasteiger partial charge in [0.1, 0.15) is 12.3 Å². The Labute approximate surface area is 153 Å². The molecule has 0 saturated carbocycles. The molecule has 1 aromatic heterocycles. The Bertz CT molecular complexity index is 1120. The third-order valence-electron chi connectivity index (χ3n) is 4.24. The second kappa shape index (κ2) is 6.56. The Morgan fingerprint density at radius 3 is 2.93 bits per heavy atom. The van der Waals surface area contributed by atoms with E-state index in [1.54, 1.807) is 49.4 Å². The maximum absolute atomic E-state index is 12.5. The van der Waals surface area contributed by atoms with E-state index in [0.717, 1.165) is 0 Å². The molecule has 0 unspecified atom stereocenters. The van der Waals surface area contributed by atoms with Crippen LogP contribution in [0.4, 0.5) is 11.4 Å². The van der Waals surface area contributed by atoms with Crippen LogP contribution >= 0.6 is 0 Å². The Morgan fingerprint density at radius 1 is 1.26 bits per heavy atom. The van der Waals surface area contributed by atoms with Crippen molar-refractivity contribution in [3.05, 3.63) is 59.1 Å². The monoisotopic (exact) mass is 364 g/mol. The smallest absolute Gasteiger partial charge is 0.265 e. The fourth-order valence-electron chi connectivity index (χ4n) is 2.86. The lowest BCUT2D eigenvalue weighted by atomic mass is 10.2. The lowest BCUT2D eigenvalue weighted by molar-refractivity contribution is -0.122. The number of nitrogens with one attached hydrogen (secondary N) is 2. The molecule has 2 aromatic carbocycles. The van der Waals surface area contributed by atoms with Gasteiger partial charge < -0.3 is 15.4 Å². The molecule has 0 saturated heterocycles. The largest absolute Gasteiger partial charge is 0.479 e. The number of fused-ring (bicyclic) bond motifs is 2. The molecule has 136 valence electrons. The average Bonchev–Trinajstić information content (AvgIpc) is 2.65. The minimum absolute atomic E-state index is 0.173. The molecule has 1 aliphatic rings. The molecule has 0 bridgehead atoms. The van der Waals surface area contributed by atoms with Crippen molar-refractivity contribution in [2.45, 2.75) is 19.6 Å². The molecule has 0 radical (unpaired) electrons. The zero-order valence-electron chi connectivity index (χ0n) is 14.4. The summed E-state index contributed by atoms with van der Waals surface area (Å²) in [5.74, 6) is -0.0969. The Kier molecular flexibility index (Phi) is 4.08. The quantitative estimate of drug-likeness (QED) is 0.737. The third kappa shape index (κ3) is 3.24. The fraction of sp³-hybridized carbons (Fsp3) is 0.158. The van der Waals surface area contributed by atoms with E-state index in [-0.39, 0.29) is 23.9 Å². The summed E-state index contributed by atoms with van der Waals surface area (Å²) in [6.07, 6.45) is 0.789. The molecule has 2 amide bonds. The molecule has 2 heterocycles. The summed E-state index contributed by atoms with van der Waals surface area (Å²) in [5.41, 5.74) is 1.27. The van der Waals surface area contributed by atoms with Crippen LogP contribution in [0.25, 0.3) is 10.9 Å².